The minimum absolute atomic E-state index is 0.159. The van der Waals surface area contributed by atoms with E-state index in [4.69, 9.17) is 0 Å². The van der Waals surface area contributed by atoms with Crippen LogP contribution in [0.5, 0.6) is 0 Å². The third kappa shape index (κ3) is 8.52. The van der Waals surface area contributed by atoms with Crippen LogP contribution < -0.4 is 15.8 Å². The summed E-state index contributed by atoms with van der Waals surface area (Å²) in [6.45, 7) is 14.0. The normalized spacial score (nSPS) is 14.9. The van der Waals surface area contributed by atoms with E-state index < -0.39 is 0 Å². The first-order valence-corrected chi connectivity index (χ1v) is 17.6. The topological polar surface area (TPSA) is 88.7 Å². The summed E-state index contributed by atoms with van der Waals surface area (Å²) in [4.78, 5) is 34.2. The standard InChI is InChI=1S/C36H49IN4O3/c1-6-8-30(13-16-37)41(7-2)34-21-29(28-11-9-27(10-12-28)23-40-17-14-31(42)15-18-40)20-32(26(34)5)35(43)38-22-33-24(3)19-25(4)39-36(33)44/h9-12,19-21,30-31,42H,6-8,13-18,22-23H2,1-5H3,(H,38,43)(H,39,44). The minimum atomic E-state index is -0.175. The van der Waals surface area contributed by atoms with Crippen LogP contribution in [0.4, 0.5) is 5.69 Å². The number of likely N-dealkylation sites (tertiary alicyclic amines) is 1. The molecule has 0 spiro atoms. The van der Waals surface area contributed by atoms with Gasteiger partial charge in [0.1, 0.15) is 0 Å². The number of nitrogens with one attached hydrogen (secondary N) is 2. The van der Waals surface area contributed by atoms with Crippen molar-refractivity contribution in [2.45, 2.75) is 92.0 Å². The lowest BCUT2D eigenvalue weighted by molar-refractivity contribution is 0.0792. The molecular formula is C36H49IN4O3. The molecule has 3 N–H and O–H groups in total. The van der Waals surface area contributed by atoms with Gasteiger partial charge in [0.05, 0.1) is 6.10 Å². The van der Waals surface area contributed by atoms with Crippen molar-refractivity contribution < 1.29 is 9.90 Å². The first-order valence-electron chi connectivity index (χ1n) is 16.1. The van der Waals surface area contributed by atoms with E-state index in [2.05, 4.69) is 86.9 Å². The van der Waals surface area contributed by atoms with E-state index in [-0.39, 0.29) is 24.1 Å². The van der Waals surface area contributed by atoms with Gasteiger partial charge in [0, 0.05) is 65.7 Å². The van der Waals surface area contributed by atoms with Gasteiger partial charge < -0.3 is 20.3 Å². The van der Waals surface area contributed by atoms with E-state index in [9.17, 15) is 14.7 Å². The van der Waals surface area contributed by atoms with Crippen LogP contribution in [0, 0.1) is 20.8 Å². The number of anilines is 1. The smallest absolute Gasteiger partial charge is 0.253 e. The van der Waals surface area contributed by atoms with Crippen LogP contribution in [-0.4, -0.2) is 57.1 Å². The zero-order chi connectivity index (χ0) is 31.8. The van der Waals surface area contributed by atoms with Gasteiger partial charge in [-0.05, 0) is 99.4 Å². The van der Waals surface area contributed by atoms with Crippen molar-refractivity contribution in [3.05, 3.63) is 86.3 Å². The number of H-pyrrole nitrogens is 1. The third-order valence-electron chi connectivity index (χ3n) is 8.95. The molecule has 44 heavy (non-hydrogen) atoms. The van der Waals surface area contributed by atoms with Crippen LogP contribution in [0.1, 0.15) is 84.3 Å². The molecule has 7 nitrogen and oxygen atoms in total. The maximum Gasteiger partial charge on any atom is 0.253 e. The summed E-state index contributed by atoms with van der Waals surface area (Å²) < 4.78 is 1.08. The zero-order valence-electron chi connectivity index (χ0n) is 27.0. The SMILES string of the molecule is CCCC(CCI)N(CC)c1cc(-c2ccc(CN3CCC(O)CC3)cc2)cc(C(=O)NCc2c(C)cc(C)[nH]c2=O)c1C. The summed E-state index contributed by atoms with van der Waals surface area (Å²) in [5.74, 6) is -0.175. The van der Waals surface area contributed by atoms with Gasteiger partial charge >= 0.3 is 0 Å². The van der Waals surface area contributed by atoms with Gasteiger partial charge in [0.15, 0.2) is 0 Å². The fourth-order valence-corrected chi connectivity index (χ4v) is 7.16. The number of hydrogen-bond donors (Lipinski definition) is 3. The number of rotatable bonds is 13. The monoisotopic (exact) mass is 712 g/mol. The lowest BCUT2D eigenvalue weighted by atomic mass is 9.94. The highest BCUT2D eigenvalue weighted by Crippen LogP contribution is 2.34. The Bertz CT molecular complexity index is 1460. The van der Waals surface area contributed by atoms with Crippen molar-refractivity contribution in [2.75, 3.05) is 29.0 Å². The summed E-state index contributed by atoms with van der Waals surface area (Å²) in [7, 11) is 0. The van der Waals surface area contributed by atoms with E-state index in [1.54, 1.807) is 0 Å². The Kier molecular flexibility index (Phi) is 12.5. The van der Waals surface area contributed by atoms with Crippen molar-refractivity contribution in [3.8, 4) is 11.1 Å². The molecule has 0 radical (unpaired) electrons. The Balaban J connectivity index is 1.68. The van der Waals surface area contributed by atoms with Gasteiger partial charge in [0.25, 0.3) is 11.5 Å². The maximum atomic E-state index is 13.8. The van der Waals surface area contributed by atoms with Crippen molar-refractivity contribution >= 4 is 34.2 Å². The maximum absolute atomic E-state index is 13.8. The summed E-state index contributed by atoms with van der Waals surface area (Å²) in [6, 6.07) is 15.3. The number of carbonyl (C=O) groups is 1. The fourth-order valence-electron chi connectivity index (χ4n) is 6.44. The van der Waals surface area contributed by atoms with Crippen LogP contribution in [0.3, 0.4) is 0 Å². The first kappa shape index (κ1) is 34.2. The summed E-state index contributed by atoms with van der Waals surface area (Å²) in [5, 5.41) is 12.9. The molecule has 1 aliphatic rings. The molecule has 1 unspecified atom stereocenters. The molecule has 1 amide bonds. The number of halogens is 1. The average Bonchev–Trinajstić information content (AvgIpc) is 2.99. The lowest BCUT2D eigenvalue weighted by Gasteiger charge is -2.35. The number of aryl methyl sites for hydroxylation is 2. The summed E-state index contributed by atoms with van der Waals surface area (Å²) >= 11 is 2.47. The number of nitrogens with zero attached hydrogens (tertiary/aromatic N) is 2. The van der Waals surface area contributed by atoms with E-state index in [1.165, 1.54) is 5.56 Å². The highest BCUT2D eigenvalue weighted by Gasteiger charge is 2.23. The predicted octanol–water partition coefficient (Wildman–Crippen LogP) is 6.67. The number of aromatic nitrogens is 1. The molecule has 0 aliphatic carbocycles. The zero-order valence-corrected chi connectivity index (χ0v) is 29.2. The number of pyridine rings is 1. The van der Waals surface area contributed by atoms with Crippen LogP contribution in [0.15, 0.2) is 47.3 Å². The molecule has 1 aromatic heterocycles. The van der Waals surface area contributed by atoms with Crippen LogP contribution in [-0.2, 0) is 13.1 Å². The van der Waals surface area contributed by atoms with Gasteiger partial charge in [-0.25, -0.2) is 0 Å². The molecule has 8 heteroatoms. The average molecular weight is 713 g/mol. The molecule has 1 atom stereocenters. The van der Waals surface area contributed by atoms with Crippen molar-refractivity contribution in [3.63, 3.8) is 0 Å². The quantitative estimate of drug-likeness (QED) is 0.136. The van der Waals surface area contributed by atoms with Crippen LogP contribution in [0.2, 0.25) is 0 Å². The highest BCUT2D eigenvalue weighted by atomic mass is 127. The fraction of sp³-hybridized carbons (Fsp3) is 0.500. The number of aliphatic hydroxyl groups excluding tert-OH is 1. The largest absolute Gasteiger partial charge is 0.393 e. The molecule has 1 aliphatic heterocycles. The Hall–Kier alpha value is -2.69. The number of aliphatic hydroxyl groups is 1. The second-order valence-corrected chi connectivity index (χ2v) is 13.3. The second-order valence-electron chi connectivity index (χ2n) is 12.2. The molecular weight excluding hydrogens is 663 g/mol. The van der Waals surface area contributed by atoms with E-state index >= 15 is 0 Å². The number of hydrogen-bond acceptors (Lipinski definition) is 5. The Morgan fingerprint density at radius 3 is 2.39 bits per heavy atom. The van der Waals surface area contributed by atoms with Crippen molar-refractivity contribution in [1.29, 1.82) is 0 Å². The molecule has 4 rings (SSSR count). The number of amides is 1. The van der Waals surface area contributed by atoms with Gasteiger partial charge in [-0.1, -0.05) is 60.2 Å². The van der Waals surface area contributed by atoms with Gasteiger partial charge in [0.2, 0.25) is 0 Å². The van der Waals surface area contributed by atoms with Crippen molar-refractivity contribution in [1.82, 2.24) is 15.2 Å². The molecule has 2 heterocycles. The molecule has 2 aromatic carbocycles. The summed E-state index contributed by atoms with van der Waals surface area (Å²) in [6.07, 6.45) is 4.78. The number of benzene rings is 2. The van der Waals surface area contributed by atoms with E-state index in [0.717, 1.165) is 96.3 Å². The predicted molar refractivity (Wildman–Crippen MR) is 190 cm³/mol. The molecule has 0 saturated carbocycles. The van der Waals surface area contributed by atoms with Gasteiger partial charge in [-0.3, -0.25) is 14.5 Å². The Morgan fingerprint density at radius 2 is 1.77 bits per heavy atom. The number of carbonyl (C=O) groups excluding carboxylic acids is 1. The molecule has 0 bridgehead atoms. The number of piperidine rings is 1. The highest BCUT2D eigenvalue weighted by molar-refractivity contribution is 14.1. The number of alkyl halides is 1. The second kappa shape index (κ2) is 16.0. The molecule has 1 saturated heterocycles. The summed E-state index contributed by atoms with van der Waals surface area (Å²) in [5.41, 5.74) is 8.12. The molecule has 238 valence electrons. The van der Waals surface area contributed by atoms with Gasteiger partial charge in [-0.15, -0.1) is 0 Å². The minimum Gasteiger partial charge on any atom is -0.393 e. The first-order chi connectivity index (χ1) is 21.1. The van der Waals surface area contributed by atoms with E-state index in [0.29, 0.717) is 17.2 Å². The van der Waals surface area contributed by atoms with Crippen LogP contribution >= 0.6 is 22.6 Å². The Labute approximate surface area is 276 Å². The van der Waals surface area contributed by atoms with Gasteiger partial charge in [-0.2, -0.15) is 0 Å². The number of aromatic amines is 1. The van der Waals surface area contributed by atoms with Crippen LogP contribution in [0.25, 0.3) is 11.1 Å². The lowest BCUT2D eigenvalue weighted by Crippen LogP contribution is -2.36. The van der Waals surface area contributed by atoms with E-state index in [1.807, 2.05) is 32.9 Å². The van der Waals surface area contributed by atoms with Crippen molar-refractivity contribution in [2.24, 2.45) is 0 Å². The third-order valence-corrected chi connectivity index (χ3v) is 9.57. The Morgan fingerprint density at radius 1 is 1.07 bits per heavy atom. The molecule has 1 fully saturated rings. The molecule has 3 aromatic rings.